The Kier molecular flexibility index (Phi) is 6.64. The summed E-state index contributed by atoms with van der Waals surface area (Å²) in [5, 5.41) is 17.3. The van der Waals surface area contributed by atoms with Gasteiger partial charge < -0.3 is 10.6 Å². The summed E-state index contributed by atoms with van der Waals surface area (Å²) in [6.07, 6.45) is -4.59. The van der Waals surface area contributed by atoms with E-state index in [1.54, 1.807) is 24.3 Å². The molecule has 0 spiro atoms. The first-order valence-electron chi connectivity index (χ1n) is 8.88. The van der Waals surface area contributed by atoms with Gasteiger partial charge in [0, 0.05) is 0 Å². The van der Waals surface area contributed by atoms with Crippen molar-refractivity contribution in [1.82, 2.24) is 10.6 Å². The van der Waals surface area contributed by atoms with Crippen LogP contribution >= 0.6 is 11.8 Å². The number of carbonyl (C=O) groups excluding carboxylic acids is 2. The minimum Gasteiger partial charge on any atom is -0.331 e. The van der Waals surface area contributed by atoms with Gasteiger partial charge in [-0.2, -0.15) is 18.4 Å². The van der Waals surface area contributed by atoms with Crippen molar-refractivity contribution in [2.24, 2.45) is 5.92 Å². The molecule has 2 amide bonds. The molecule has 3 atom stereocenters. The number of rotatable bonds is 5. The number of benzene rings is 2. The monoisotopic (exact) mass is 434 g/mol. The fourth-order valence-electron chi connectivity index (χ4n) is 3.03. The van der Waals surface area contributed by atoms with Crippen LogP contribution in [0, 0.1) is 17.2 Å². The van der Waals surface area contributed by atoms with Crippen molar-refractivity contribution in [2.45, 2.75) is 17.7 Å². The van der Waals surface area contributed by atoms with E-state index < -0.39 is 41.0 Å². The highest BCUT2D eigenvalue weighted by atomic mass is 32.2. The van der Waals surface area contributed by atoms with Crippen LogP contribution in [-0.4, -0.2) is 23.1 Å². The van der Waals surface area contributed by atoms with Crippen molar-refractivity contribution in [2.75, 3.05) is 11.1 Å². The molecule has 0 bridgehead atoms. The largest absolute Gasteiger partial charge is 0.418 e. The zero-order valence-corrected chi connectivity index (χ0v) is 16.3. The van der Waals surface area contributed by atoms with E-state index in [4.69, 9.17) is 0 Å². The van der Waals surface area contributed by atoms with Gasteiger partial charge in [0.1, 0.15) is 11.4 Å². The number of para-hydroxylation sites is 1. The molecule has 1 saturated heterocycles. The van der Waals surface area contributed by atoms with Crippen LogP contribution in [0.5, 0.6) is 0 Å². The summed E-state index contributed by atoms with van der Waals surface area (Å²) in [6, 6.07) is 15.0. The van der Waals surface area contributed by atoms with Gasteiger partial charge in [-0.25, -0.2) is 0 Å². The Morgan fingerprint density at radius 2 is 1.80 bits per heavy atom. The van der Waals surface area contributed by atoms with Gasteiger partial charge in [-0.15, -0.1) is 11.8 Å². The normalized spacial score (nSPS) is 21.4. The molecule has 3 N–H and O–H groups in total. The fraction of sp³-hybridized carbons (Fsp3) is 0.250. The molecule has 0 radical (unpaired) electrons. The maximum Gasteiger partial charge on any atom is 0.418 e. The van der Waals surface area contributed by atoms with Gasteiger partial charge in [-0.1, -0.05) is 42.5 Å². The number of anilines is 1. The summed E-state index contributed by atoms with van der Waals surface area (Å²) in [5.41, 5.74) is -1.21. The minimum absolute atomic E-state index is 0.205. The molecule has 10 heteroatoms. The van der Waals surface area contributed by atoms with Crippen LogP contribution in [0.4, 0.5) is 18.9 Å². The van der Waals surface area contributed by atoms with Crippen LogP contribution in [0.15, 0.2) is 54.6 Å². The van der Waals surface area contributed by atoms with Gasteiger partial charge in [0.15, 0.2) is 0 Å². The van der Waals surface area contributed by atoms with Crippen molar-refractivity contribution in [3.63, 3.8) is 0 Å². The molecule has 156 valence electrons. The lowest BCUT2D eigenvalue weighted by Gasteiger charge is -2.34. The van der Waals surface area contributed by atoms with E-state index in [2.05, 4.69) is 16.0 Å². The third-order valence-electron chi connectivity index (χ3n) is 4.41. The Morgan fingerprint density at radius 3 is 2.47 bits per heavy atom. The van der Waals surface area contributed by atoms with E-state index in [1.165, 1.54) is 18.2 Å². The first-order valence-corrected chi connectivity index (χ1v) is 9.93. The summed E-state index contributed by atoms with van der Waals surface area (Å²) in [6.45, 7) is 0. The summed E-state index contributed by atoms with van der Waals surface area (Å²) in [4.78, 5) is 24.5. The van der Waals surface area contributed by atoms with Crippen molar-refractivity contribution in [3.05, 3.63) is 65.7 Å². The maximum absolute atomic E-state index is 13.1. The van der Waals surface area contributed by atoms with Crippen molar-refractivity contribution < 1.29 is 22.8 Å². The van der Waals surface area contributed by atoms with Crippen LogP contribution in [0.25, 0.3) is 0 Å². The fourth-order valence-corrected chi connectivity index (χ4v) is 3.86. The lowest BCUT2D eigenvalue weighted by atomic mass is 9.92. The van der Waals surface area contributed by atoms with Crippen molar-refractivity contribution in [3.8, 4) is 6.07 Å². The van der Waals surface area contributed by atoms with Crippen LogP contribution in [0.3, 0.4) is 0 Å². The molecule has 0 saturated carbocycles. The van der Waals surface area contributed by atoms with Gasteiger partial charge in [0.05, 0.1) is 29.1 Å². The van der Waals surface area contributed by atoms with Gasteiger partial charge >= 0.3 is 6.18 Å². The molecule has 0 aromatic heterocycles. The molecule has 2 aromatic carbocycles. The average molecular weight is 434 g/mol. The van der Waals surface area contributed by atoms with Gasteiger partial charge in [-0.3, -0.25) is 14.9 Å². The first kappa shape index (κ1) is 21.7. The zero-order valence-electron chi connectivity index (χ0n) is 15.4. The Hall–Kier alpha value is -3.03. The third kappa shape index (κ3) is 5.11. The second kappa shape index (κ2) is 9.19. The van der Waals surface area contributed by atoms with E-state index in [0.717, 1.165) is 23.4 Å². The van der Waals surface area contributed by atoms with Gasteiger partial charge in [0.2, 0.25) is 11.8 Å². The second-order valence-corrected chi connectivity index (χ2v) is 7.55. The Labute approximate surface area is 174 Å². The maximum atomic E-state index is 13.1. The number of carbonyl (C=O) groups is 2. The third-order valence-corrected chi connectivity index (χ3v) is 5.42. The first-order chi connectivity index (χ1) is 14.3. The predicted octanol–water partition coefficient (Wildman–Crippen LogP) is 3.26. The Balaban J connectivity index is 1.64. The van der Waals surface area contributed by atoms with E-state index in [-0.39, 0.29) is 11.4 Å². The predicted molar refractivity (Wildman–Crippen MR) is 106 cm³/mol. The number of hydrogen-bond acceptors (Lipinski definition) is 5. The minimum atomic E-state index is -4.59. The number of thioether (sulfide) groups is 1. The van der Waals surface area contributed by atoms with Gasteiger partial charge in [-0.05, 0) is 17.7 Å². The smallest absolute Gasteiger partial charge is 0.331 e. The SMILES string of the molecule is N#CC1C(=O)NC(SCC(=O)Nc2ccccc2C(F)(F)F)NC1c1ccccc1. The van der Waals surface area contributed by atoms with E-state index in [1.807, 2.05) is 12.1 Å². The zero-order chi connectivity index (χ0) is 21.7. The van der Waals surface area contributed by atoms with Crippen molar-refractivity contribution >= 4 is 29.3 Å². The highest BCUT2D eigenvalue weighted by Crippen LogP contribution is 2.34. The van der Waals surface area contributed by atoms with Crippen LogP contribution < -0.4 is 16.0 Å². The van der Waals surface area contributed by atoms with Crippen LogP contribution in [0.2, 0.25) is 0 Å². The Morgan fingerprint density at radius 1 is 1.13 bits per heavy atom. The molecule has 3 unspecified atom stereocenters. The highest BCUT2D eigenvalue weighted by molar-refractivity contribution is 8.00. The molecular weight excluding hydrogens is 417 g/mol. The highest BCUT2D eigenvalue weighted by Gasteiger charge is 2.37. The molecule has 1 aliphatic heterocycles. The summed E-state index contributed by atoms with van der Waals surface area (Å²) < 4.78 is 39.2. The summed E-state index contributed by atoms with van der Waals surface area (Å²) >= 11 is 1.01. The lowest BCUT2D eigenvalue weighted by molar-refractivity contribution is -0.137. The number of nitrogens with one attached hydrogen (secondary N) is 3. The topological polar surface area (TPSA) is 94.0 Å². The molecule has 3 rings (SSSR count). The number of alkyl halides is 3. The standard InChI is InChI=1S/C20H17F3N4O2S/c21-20(22,23)14-8-4-5-9-15(14)25-16(28)11-30-19-26-17(12-6-2-1-3-7-12)13(10-24)18(29)27-19/h1-9,13,17,19,26H,11H2,(H,25,28)(H,27,29). The summed E-state index contributed by atoms with van der Waals surface area (Å²) in [5.74, 6) is -2.28. The van der Waals surface area contributed by atoms with E-state index >= 15 is 0 Å². The lowest BCUT2D eigenvalue weighted by Crippen LogP contribution is -2.56. The molecule has 6 nitrogen and oxygen atoms in total. The molecular formula is C20H17F3N4O2S. The molecule has 30 heavy (non-hydrogen) atoms. The van der Waals surface area contributed by atoms with Crippen LogP contribution in [0.1, 0.15) is 17.2 Å². The molecule has 2 aromatic rings. The quantitative estimate of drug-likeness (QED) is 0.672. The Bertz CT molecular complexity index is 963. The van der Waals surface area contributed by atoms with Crippen LogP contribution in [-0.2, 0) is 15.8 Å². The van der Waals surface area contributed by atoms with Crippen molar-refractivity contribution in [1.29, 1.82) is 5.26 Å². The molecule has 1 fully saturated rings. The molecule has 0 aliphatic carbocycles. The van der Waals surface area contributed by atoms with Gasteiger partial charge in [0.25, 0.3) is 0 Å². The number of nitrogens with zero attached hydrogens (tertiary/aromatic N) is 1. The molecule has 1 aliphatic rings. The number of halogens is 3. The van der Waals surface area contributed by atoms with E-state index in [0.29, 0.717) is 0 Å². The number of hydrogen-bond donors (Lipinski definition) is 3. The second-order valence-electron chi connectivity index (χ2n) is 6.45. The summed E-state index contributed by atoms with van der Waals surface area (Å²) in [7, 11) is 0. The average Bonchev–Trinajstić information content (AvgIpc) is 2.72. The number of amides is 2. The molecule has 1 heterocycles. The van der Waals surface area contributed by atoms with E-state index in [9.17, 15) is 28.0 Å². The number of nitriles is 1.